The van der Waals surface area contributed by atoms with E-state index >= 15 is 0 Å². The molecule has 0 saturated heterocycles. The molecular weight excluding hydrogens is 318 g/mol. The van der Waals surface area contributed by atoms with Crippen LogP contribution in [-0.2, 0) is 0 Å². The Morgan fingerprint density at radius 3 is 2.80 bits per heavy atom. The second-order valence-corrected chi connectivity index (χ2v) is 4.95. The van der Waals surface area contributed by atoms with Gasteiger partial charge in [-0.1, -0.05) is 38.8 Å². The Morgan fingerprint density at radius 1 is 1.47 bits per heavy atom. The van der Waals surface area contributed by atoms with Crippen molar-refractivity contribution >= 4 is 31.9 Å². The fraction of sp³-hybridized carbons (Fsp3) is 0.333. The lowest BCUT2D eigenvalue weighted by Gasteiger charge is -2.17. The van der Waals surface area contributed by atoms with Crippen molar-refractivity contribution in [1.82, 2.24) is 5.32 Å². The predicted molar refractivity (Wildman–Crippen MR) is 71.7 cm³/mol. The van der Waals surface area contributed by atoms with Gasteiger partial charge in [0, 0.05) is 21.4 Å². The molecule has 0 fully saturated rings. The molecule has 1 aromatic rings. The van der Waals surface area contributed by atoms with E-state index in [2.05, 4.69) is 56.1 Å². The largest absolute Gasteiger partial charge is 0.309 e. The Hall–Kier alpha value is -0.300. The molecule has 1 N–H and O–H groups in total. The van der Waals surface area contributed by atoms with Crippen molar-refractivity contribution in [3.05, 3.63) is 32.7 Å². The highest BCUT2D eigenvalue weighted by atomic mass is 79.9. The van der Waals surface area contributed by atoms with Gasteiger partial charge in [-0.2, -0.15) is 0 Å². The molecular formula is C12H13Br2N. The zero-order chi connectivity index (χ0) is 11.3. The molecule has 0 spiro atoms. The van der Waals surface area contributed by atoms with Gasteiger partial charge in [-0.3, -0.25) is 0 Å². The minimum absolute atomic E-state index is 0.215. The number of nitrogens with one attached hydrogen (secondary N) is 1. The van der Waals surface area contributed by atoms with Crippen LogP contribution in [0.2, 0.25) is 0 Å². The van der Waals surface area contributed by atoms with Crippen molar-refractivity contribution in [3.63, 3.8) is 0 Å². The van der Waals surface area contributed by atoms with E-state index in [1.165, 1.54) is 5.56 Å². The van der Waals surface area contributed by atoms with Gasteiger partial charge < -0.3 is 5.32 Å². The van der Waals surface area contributed by atoms with Crippen molar-refractivity contribution in [2.75, 3.05) is 6.54 Å². The summed E-state index contributed by atoms with van der Waals surface area (Å²) in [5.41, 5.74) is 1.20. The summed E-state index contributed by atoms with van der Waals surface area (Å²) in [5.74, 6) is 2.70. The second kappa shape index (κ2) is 6.32. The Morgan fingerprint density at radius 2 is 2.20 bits per heavy atom. The molecule has 1 aromatic carbocycles. The standard InChI is InChI=1S/C12H13Br2N/c1-3-5-12(15-4-2)10-8-9(13)6-7-11(10)14/h1,6-8,12,15H,4-5H2,2H3. The average molecular weight is 331 g/mol. The normalized spacial score (nSPS) is 12.1. The lowest BCUT2D eigenvalue weighted by Crippen LogP contribution is -2.20. The van der Waals surface area contributed by atoms with Crippen LogP contribution in [0.15, 0.2) is 27.1 Å². The third-order valence-electron chi connectivity index (χ3n) is 2.11. The Labute approximate surface area is 108 Å². The average Bonchev–Trinajstić information content (AvgIpc) is 2.21. The van der Waals surface area contributed by atoms with Crippen LogP contribution < -0.4 is 5.32 Å². The molecule has 0 aliphatic heterocycles. The van der Waals surface area contributed by atoms with Crippen molar-refractivity contribution in [2.24, 2.45) is 0 Å². The maximum Gasteiger partial charge on any atom is 0.0442 e. The van der Waals surface area contributed by atoms with Gasteiger partial charge in [0.15, 0.2) is 0 Å². The van der Waals surface area contributed by atoms with Crippen molar-refractivity contribution < 1.29 is 0 Å². The van der Waals surface area contributed by atoms with E-state index in [-0.39, 0.29) is 6.04 Å². The zero-order valence-electron chi connectivity index (χ0n) is 8.56. The van der Waals surface area contributed by atoms with Crippen LogP contribution in [0.5, 0.6) is 0 Å². The van der Waals surface area contributed by atoms with Gasteiger partial charge >= 0.3 is 0 Å². The number of rotatable bonds is 4. The molecule has 0 aliphatic rings. The number of terminal acetylenes is 1. The van der Waals surface area contributed by atoms with Gasteiger partial charge in [0.25, 0.3) is 0 Å². The summed E-state index contributed by atoms with van der Waals surface area (Å²) in [6.07, 6.45) is 6.07. The highest BCUT2D eigenvalue weighted by molar-refractivity contribution is 9.11. The number of hydrogen-bond donors (Lipinski definition) is 1. The van der Waals surface area contributed by atoms with Gasteiger partial charge in [0.1, 0.15) is 0 Å². The molecule has 15 heavy (non-hydrogen) atoms. The third-order valence-corrected chi connectivity index (χ3v) is 3.32. The summed E-state index contributed by atoms with van der Waals surface area (Å²) in [7, 11) is 0. The van der Waals surface area contributed by atoms with Crippen molar-refractivity contribution in [2.45, 2.75) is 19.4 Å². The fourth-order valence-corrected chi connectivity index (χ4v) is 2.34. The van der Waals surface area contributed by atoms with Crippen molar-refractivity contribution in [1.29, 1.82) is 0 Å². The lowest BCUT2D eigenvalue weighted by atomic mass is 10.0. The predicted octanol–water partition coefficient (Wildman–Crippen LogP) is 3.89. The molecule has 1 rings (SSSR count). The SMILES string of the molecule is C#CCC(NCC)c1cc(Br)ccc1Br. The Bertz CT molecular complexity index is 368. The second-order valence-electron chi connectivity index (χ2n) is 3.18. The van der Waals surface area contributed by atoms with Crippen LogP contribution in [0.3, 0.4) is 0 Å². The molecule has 0 aromatic heterocycles. The first-order chi connectivity index (χ1) is 7.19. The maximum absolute atomic E-state index is 5.37. The number of hydrogen-bond acceptors (Lipinski definition) is 1. The number of halogens is 2. The van der Waals surface area contributed by atoms with Gasteiger partial charge in [-0.25, -0.2) is 0 Å². The van der Waals surface area contributed by atoms with Gasteiger partial charge in [-0.05, 0) is 30.3 Å². The molecule has 3 heteroatoms. The van der Waals surface area contributed by atoms with E-state index in [4.69, 9.17) is 6.42 Å². The lowest BCUT2D eigenvalue weighted by molar-refractivity contribution is 0.563. The number of benzene rings is 1. The first kappa shape index (κ1) is 12.8. The summed E-state index contributed by atoms with van der Waals surface area (Å²) in [6, 6.07) is 6.34. The minimum Gasteiger partial charge on any atom is -0.309 e. The van der Waals surface area contributed by atoms with Crippen LogP contribution in [0.25, 0.3) is 0 Å². The molecule has 1 atom stereocenters. The zero-order valence-corrected chi connectivity index (χ0v) is 11.7. The van der Waals surface area contributed by atoms with Crippen LogP contribution in [-0.4, -0.2) is 6.54 Å². The molecule has 80 valence electrons. The maximum atomic E-state index is 5.37. The van der Waals surface area contributed by atoms with E-state index < -0.39 is 0 Å². The van der Waals surface area contributed by atoms with E-state index in [1.807, 2.05) is 12.1 Å². The topological polar surface area (TPSA) is 12.0 Å². The Balaban J connectivity index is 2.99. The summed E-state index contributed by atoms with van der Waals surface area (Å²) >= 11 is 7.01. The fourth-order valence-electron chi connectivity index (χ4n) is 1.44. The molecule has 0 heterocycles. The van der Waals surface area contributed by atoms with E-state index in [0.717, 1.165) is 15.5 Å². The summed E-state index contributed by atoms with van der Waals surface area (Å²) < 4.78 is 2.16. The monoisotopic (exact) mass is 329 g/mol. The molecule has 1 nitrogen and oxygen atoms in total. The smallest absolute Gasteiger partial charge is 0.0442 e. The summed E-state index contributed by atoms with van der Waals surface area (Å²) in [4.78, 5) is 0. The van der Waals surface area contributed by atoms with Crippen LogP contribution >= 0.6 is 31.9 Å². The highest BCUT2D eigenvalue weighted by Crippen LogP contribution is 2.28. The van der Waals surface area contributed by atoms with Gasteiger partial charge in [0.05, 0.1) is 0 Å². The van der Waals surface area contributed by atoms with E-state index in [0.29, 0.717) is 6.42 Å². The van der Waals surface area contributed by atoms with Crippen molar-refractivity contribution in [3.8, 4) is 12.3 Å². The summed E-state index contributed by atoms with van der Waals surface area (Å²) in [6.45, 7) is 2.99. The van der Waals surface area contributed by atoms with Crippen LogP contribution in [0, 0.1) is 12.3 Å². The minimum atomic E-state index is 0.215. The van der Waals surface area contributed by atoms with Crippen LogP contribution in [0.1, 0.15) is 24.9 Å². The molecule has 0 amide bonds. The first-order valence-corrected chi connectivity index (χ1v) is 6.39. The van der Waals surface area contributed by atoms with Crippen LogP contribution in [0.4, 0.5) is 0 Å². The molecule has 0 bridgehead atoms. The van der Waals surface area contributed by atoms with Gasteiger partial charge in [-0.15, -0.1) is 12.3 Å². The van der Waals surface area contributed by atoms with Gasteiger partial charge in [0.2, 0.25) is 0 Å². The third kappa shape index (κ3) is 3.64. The van der Waals surface area contributed by atoms with E-state index in [9.17, 15) is 0 Å². The van der Waals surface area contributed by atoms with E-state index in [1.54, 1.807) is 0 Å². The molecule has 1 unspecified atom stereocenters. The molecule has 0 radical (unpaired) electrons. The quantitative estimate of drug-likeness (QED) is 0.826. The summed E-state index contributed by atoms with van der Waals surface area (Å²) in [5, 5.41) is 3.37. The first-order valence-electron chi connectivity index (χ1n) is 4.80. The highest BCUT2D eigenvalue weighted by Gasteiger charge is 2.12. The molecule has 0 saturated carbocycles. The molecule has 0 aliphatic carbocycles. The Kier molecular flexibility index (Phi) is 5.38.